The predicted octanol–water partition coefficient (Wildman–Crippen LogP) is 4.74. The molecule has 1 N–H and O–H groups in total. The van der Waals surface area contributed by atoms with E-state index in [1.807, 2.05) is 74.5 Å². The Morgan fingerprint density at radius 2 is 1.52 bits per heavy atom. The van der Waals surface area contributed by atoms with Crippen LogP contribution in [-0.4, -0.2) is 67.0 Å². The molecule has 0 bridgehead atoms. The third kappa shape index (κ3) is 6.98. The molecule has 2 aromatic rings. The zero-order valence-corrected chi connectivity index (χ0v) is 26.4. The number of ether oxygens (including phenoxy) is 1. The van der Waals surface area contributed by atoms with Gasteiger partial charge in [-0.25, -0.2) is 4.79 Å². The van der Waals surface area contributed by atoms with Gasteiger partial charge in [0, 0.05) is 29.7 Å². The molecule has 0 aromatic heterocycles. The first-order chi connectivity index (χ1) is 19.1. The molecule has 11 heteroatoms. The van der Waals surface area contributed by atoms with Crippen molar-refractivity contribution in [1.29, 1.82) is 0 Å². The van der Waals surface area contributed by atoms with Gasteiger partial charge in [-0.05, 0) is 11.1 Å². The molecule has 3 unspecified atom stereocenters. The number of rotatable bonds is 10. The fraction of sp³-hybridized carbons (Fsp3) is 0.379. The van der Waals surface area contributed by atoms with E-state index >= 15 is 0 Å². The van der Waals surface area contributed by atoms with Gasteiger partial charge < -0.3 is 15.0 Å². The second-order valence-corrected chi connectivity index (χ2v) is 14.2. The number of nitrogens with one attached hydrogen (secondary N) is 1. The van der Waals surface area contributed by atoms with Gasteiger partial charge in [0.2, 0.25) is 11.8 Å². The SMILES string of the molecule is CC(=O)NC1S[C@H]2CC(=O)N2C(C(=O)OC(c2ccccc2)c2ccccc2)=C1C(=O)N(CC(C)Br)CC(C)Br. The van der Waals surface area contributed by atoms with Crippen molar-refractivity contribution in [3.63, 3.8) is 0 Å². The summed E-state index contributed by atoms with van der Waals surface area (Å²) in [5.41, 5.74) is 1.41. The van der Waals surface area contributed by atoms with Gasteiger partial charge in [-0.1, -0.05) is 106 Å². The second-order valence-electron chi connectivity index (χ2n) is 9.78. The molecule has 4 atom stereocenters. The predicted molar refractivity (Wildman–Crippen MR) is 162 cm³/mol. The molecular formula is C29H31Br2N3O5S. The van der Waals surface area contributed by atoms with Crippen molar-refractivity contribution in [3.05, 3.63) is 83.1 Å². The maximum Gasteiger partial charge on any atom is 0.356 e. The fourth-order valence-corrected chi connectivity index (χ4v) is 6.90. The lowest BCUT2D eigenvalue weighted by Crippen LogP contribution is -2.59. The summed E-state index contributed by atoms with van der Waals surface area (Å²) in [6.45, 7) is 5.91. The Bertz CT molecular complexity index is 1240. The van der Waals surface area contributed by atoms with Crippen LogP contribution in [0, 0.1) is 0 Å². The summed E-state index contributed by atoms with van der Waals surface area (Å²) in [5, 5.41) is 1.60. The number of hydrogen-bond donors (Lipinski definition) is 1. The molecule has 1 fully saturated rings. The first-order valence-electron chi connectivity index (χ1n) is 12.9. The molecule has 2 aliphatic rings. The molecule has 212 valence electrons. The summed E-state index contributed by atoms with van der Waals surface area (Å²) in [6.07, 6.45) is -0.580. The van der Waals surface area contributed by atoms with Gasteiger partial charge in [0.05, 0.1) is 17.4 Å². The van der Waals surface area contributed by atoms with Crippen LogP contribution in [-0.2, 0) is 23.9 Å². The minimum Gasteiger partial charge on any atom is -0.448 e. The molecule has 40 heavy (non-hydrogen) atoms. The highest BCUT2D eigenvalue weighted by molar-refractivity contribution is 9.09. The van der Waals surface area contributed by atoms with E-state index in [1.54, 1.807) is 4.90 Å². The minimum absolute atomic E-state index is 0.0342. The molecule has 0 aliphatic carbocycles. The van der Waals surface area contributed by atoms with Crippen molar-refractivity contribution in [2.45, 2.75) is 53.7 Å². The summed E-state index contributed by atoms with van der Waals surface area (Å²) < 4.78 is 6.14. The summed E-state index contributed by atoms with van der Waals surface area (Å²) in [4.78, 5) is 56.3. The van der Waals surface area contributed by atoms with Crippen molar-refractivity contribution in [3.8, 4) is 0 Å². The fourth-order valence-electron chi connectivity index (χ4n) is 4.72. The van der Waals surface area contributed by atoms with Crippen LogP contribution in [0.2, 0.25) is 0 Å². The first-order valence-corrected chi connectivity index (χ1v) is 15.7. The summed E-state index contributed by atoms with van der Waals surface area (Å²) in [6, 6.07) is 18.6. The lowest BCUT2D eigenvalue weighted by atomic mass is 10.0. The number of β-lactam (4-membered cyclic amide) rings is 1. The van der Waals surface area contributed by atoms with Gasteiger partial charge in [0.1, 0.15) is 11.1 Å². The van der Waals surface area contributed by atoms with Crippen LogP contribution in [0.3, 0.4) is 0 Å². The summed E-state index contributed by atoms with van der Waals surface area (Å²) >= 11 is 8.33. The molecule has 3 amide bonds. The monoisotopic (exact) mass is 691 g/mol. The average molecular weight is 693 g/mol. The Hall–Kier alpha value is -2.63. The molecule has 4 rings (SSSR count). The third-order valence-electron chi connectivity index (χ3n) is 6.38. The zero-order chi connectivity index (χ0) is 29.0. The van der Waals surface area contributed by atoms with E-state index in [9.17, 15) is 19.2 Å². The Labute approximate surface area is 255 Å². The van der Waals surface area contributed by atoms with Gasteiger partial charge >= 0.3 is 5.97 Å². The Balaban J connectivity index is 1.83. The van der Waals surface area contributed by atoms with E-state index in [-0.39, 0.29) is 39.2 Å². The van der Waals surface area contributed by atoms with Crippen LogP contribution in [0.15, 0.2) is 71.9 Å². The van der Waals surface area contributed by atoms with Crippen molar-refractivity contribution < 1.29 is 23.9 Å². The number of alkyl halides is 2. The molecule has 2 heterocycles. The highest BCUT2D eigenvalue weighted by atomic mass is 79.9. The van der Waals surface area contributed by atoms with E-state index in [0.717, 1.165) is 11.1 Å². The zero-order valence-electron chi connectivity index (χ0n) is 22.4. The number of esters is 1. The Morgan fingerprint density at radius 3 is 1.98 bits per heavy atom. The number of benzene rings is 2. The first kappa shape index (κ1) is 30.3. The standard InChI is InChI=1S/C29H31Br2N3O5S/c1-17(30)15-33(16-18(2)31)28(37)24-25(34-22(36)14-23(34)40-27(24)32-19(3)35)29(38)39-26(20-10-6-4-7-11-20)21-12-8-5-9-13-21/h4-13,17-18,23,26-27H,14-16H2,1-3H3,(H,32,35)/t17?,18?,23-,27?/m0/s1. The van der Waals surface area contributed by atoms with Crippen molar-refractivity contribution in [2.75, 3.05) is 13.1 Å². The Morgan fingerprint density at radius 1 is 1.00 bits per heavy atom. The van der Waals surface area contributed by atoms with Crippen molar-refractivity contribution >= 4 is 67.3 Å². The van der Waals surface area contributed by atoms with Crippen molar-refractivity contribution in [2.24, 2.45) is 0 Å². The van der Waals surface area contributed by atoms with E-state index in [4.69, 9.17) is 4.74 Å². The largest absolute Gasteiger partial charge is 0.448 e. The topological polar surface area (TPSA) is 96.0 Å². The van der Waals surface area contributed by atoms with E-state index < -0.39 is 28.7 Å². The molecule has 1 saturated heterocycles. The highest BCUT2D eigenvalue weighted by Gasteiger charge is 2.51. The number of carbonyl (C=O) groups is 4. The molecular weight excluding hydrogens is 662 g/mol. The number of carbonyl (C=O) groups excluding carboxylic acids is 4. The third-order valence-corrected chi connectivity index (χ3v) is 8.27. The van der Waals surface area contributed by atoms with Crippen LogP contribution < -0.4 is 5.32 Å². The maximum absolute atomic E-state index is 14.2. The van der Waals surface area contributed by atoms with Crippen LogP contribution in [0.25, 0.3) is 0 Å². The number of hydrogen-bond acceptors (Lipinski definition) is 6. The molecule has 8 nitrogen and oxygen atoms in total. The highest BCUT2D eigenvalue weighted by Crippen LogP contribution is 2.44. The van der Waals surface area contributed by atoms with Gasteiger partial charge in [0.15, 0.2) is 6.10 Å². The van der Waals surface area contributed by atoms with E-state index in [0.29, 0.717) is 13.1 Å². The number of thioether (sulfide) groups is 1. The second kappa shape index (κ2) is 13.4. The lowest BCUT2D eigenvalue weighted by molar-refractivity contribution is -0.152. The normalized spacial score (nSPS) is 19.9. The molecule has 0 saturated carbocycles. The van der Waals surface area contributed by atoms with Gasteiger partial charge in [0.25, 0.3) is 5.91 Å². The molecule has 0 radical (unpaired) electrons. The minimum atomic E-state index is -0.826. The number of amides is 3. The lowest BCUT2D eigenvalue weighted by Gasteiger charge is -2.47. The van der Waals surface area contributed by atoms with Gasteiger partial charge in [-0.3, -0.25) is 19.3 Å². The quantitative estimate of drug-likeness (QED) is 0.220. The smallest absolute Gasteiger partial charge is 0.356 e. The van der Waals surface area contributed by atoms with Crippen molar-refractivity contribution in [1.82, 2.24) is 15.1 Å². The number of fused-ring (bicyclic) bond motifs is 1. The Kier molecular flexibility index (Phi) is 10.1. The molecule has 0 spiro atoms. The molecule has 2 aromatic carbocycles. The number of halogens is 2. The van der Waals surface area contributed by atoms with Crippen LogP contribution in [0.5, 0.6) is 0 Å². The van der Waals surface area contributed by atoms with Gasteiger partial charge in [-0.15, -0.1) is 11.8 Å². The van der Waals surface area contributed by atoms with E-state index in [1.165, 1.54) is 23.6 Å². The summed E-state index contributed by atoms with van der Waals surface area (Å²) in [5.74, 6) is -1.87. The average Bonchev–Trinajstić information content (AvgIpc) is 2.90. The number of nitrogens with zero attached hydrogens (tertiary/aromatic N) is 2. The van der Waals surface area contributed by atoms with E-state index in [2.05, 4.69) is 37.2 Å². The van der Waals surface area contributed by atoms with Gasteiger partial charge in [-0.2, -0.15) is 0 Å². The van der Waals surface area contributed by atoms with Crippen LogP contribution >= 0.6 is 43.6 Å². The summed E-state index contributed by atoms with van der Waals surface area (Å²) in [7, 11) is 0. The van der Waals surface area contributed by atoms with Crippen LogP contribution in [0.1, 0.15) is 44.4 Å². The molecule has 2 aliphatic heterocycles. The van der Waals surface area contributed by atoms with Crippen LogP contribution in [0.4, 0.5) is 0 Å². The maximum atomic E-state index is 14.2.